The number of ether oxygens (including phenoxy) is 4. The van der Waals surface area contributed by atoms with Gasteiger partial charge in [-0.15, -0.1) is 0 Å². The fraction of sp³-hybridized carbons (Fsp3) is 0.949. The zero-order valence-electron chi connectivity index (χ0n) is 63.4. The molecule has 17 nitrogen and oxygen atoms in total. The van der Waals surface area contributed by atoms with Crippen LogP contribution in [-0.4, -0.2) is 96.7 Å². The normalized spacial score (nSPS) is 14.0. The lowest BCUT2D eigenvalue weighted by Gasteiger charge is -2.21. The average molecular weight is 1420 g/mol. The van der Waals surface area contributed by atoms with Gasteiger partial charge in [-0.3, -0.25) is 37.3 Å². The summed E-state index contributed by atoms with van der Waals surface area (Å²) in [7, 11) is -9.91. The van der Waals surface area contributed by atoms with Gasteiger partial charge < -0.3 is 33.8 Å². The third-order valence-corrected chi connectivity index (χ3v) is 20.1. The van der Waals surface area contributed by atoms with Crippen LogP contribution in [0, 0.1) is 11.8 Å². The predicted molar refractivity (Wildman–Crippen MR) is 395 cm³/mol. The van der Waals surface area contributed by atoms with Crippen molar-refractivity contribution in [1.29, 1.82) is 0 Å². The number of aliphatic hydroxyl groups excluding tert-OH is 1. The largest absolute Gasteiger partial charge is 0.472 e. The second-order valence-electron chi connectivity index (χ2n) is 29.1. The molecule has 19 heteroatoms. The Balaban J connectivity index is 5.24. The van der Waals surface area contributed by atoms with Crippen LogP contribution in [0.3, 0.4) is 0 Å². The van der Waals surface area contributed by atoms with Crippen LogP contribution >= 0.6 is 15.6 Å². The number of carbonyl (C=O) groups excluding carboxylic acids is 4. The van der Waals surface area contributed by atoms with Crippen LogP contribution in [-0.2, 0) is 65.4 Å². The molecule has 5 atom stereocenters. The van der Waals surface area contributed by atoms with Gasteiger partial charge in [0.05, 0.1) is 26.4 Å². The molecule has 3 N–H and O–H groups in total. The van der Waals surface area contributed by atoms with Crippen LogP contribution in [0.4, 0.5) is 0 Å². The Hall–Kier alpha value is -1.94. The highest BCUT2D eigenvalue weighted by Gasteiger charge is 2.30. The zero-order valence-corrected chi connectivity index (χ0v) is 65.2. The molecular weight excluding hydrogens is 1270 g/mol. The number of phosphoric ester groups is 2. The molecule has 0 aliphatic carbocycles. The number of hydrogen-bond donors (Lipinski definition) is 3. The van der Waals surface area contributed by atoms with Crippen LogP contribution in [0.5, 0.6) is 0 Å². The molecule has 0 aromatic carbocycles. The van der Waals surface area contributed by atoms with Crippen molar-refractivity contribution in [2.24, 2.45) is 11.8 Å². The minimum Gasteiger partial charge on any atom is -0.462 e. The molecule has 0 fully saturated rings. The molecule has 0 spiro atoms. The van der Waals surface area contributed by atoms with Crippen LogP contribution in [0.1, 0.15) is 408 Å². The third-order valence-electron chi connectivity index (χ3n) is 18.2. The first kappa shape index (κ1) is 95.1. The monoisotopic (exact) mass is 1420 g/mol. The lowest BCUT2D eigenvalue weighted by molar-refractivity contribution is -0.161. The van der Waals surface area contributed by atoms with Crippen molar-refractivity contribution < 1.29 is 80.2 Å². The van der Waals surface area contributed by atoms with Gasteiger partial charge in [0.15, 0.2) is 12.2 Å². The summed E-state index contributed by atoms with van der Waals surface area (Å²) < 4.78 is 68.6. The smallest absolute Gasteiger partial charge is 0.462 e. The van der Waals surface area contributed by atoms with Crippen molar-refractivity contribution in [3.8, 4) is 0 Å². The first-order valence-electron chi connectivity index (χ1n) is 40.5. The van der Waals surface area contributed by atoms with Crippen LogP contribution in [0.2, 0.25) is 0 Å². The summed E-state index contributed by atoms with van der Waals surface area (Å²) in [5.41, 5.74) is 0. The molecule has 2 unspecified atom stereocenters. The molecule has 0 bridgehead atoms. The number of phosphoric acid groups is 2. The number of hydrogen-bond acceptors (Lipinski definition) is 15. The predicted octanol–water partition coefficient (Wildman–Crippen LogP) is 23.1. The lowest BCUT2D eigenvalue weighted by atomic mass is 10.0. The first-order valence-corrected chi connectivity index (χ1v) is 43.5. The third kappa shape index (κ3) is 72.2. The summed E-state index contributed by atoms with van der Waals surface area (Å²) in [5, 5.41) is 10.6. The maximum Gasteiger partial charge on any atom is 0.472 e. The van der Waals surface area contributed by atoms with Gasteiger partial charge in [-0.1, -0.05) is 356 Å². The van der Waals surface area contributed by atoms with Gasteiger partial charge in [-0.2, -0.15) is 0 Å². The molecule has 576 valence electrons. The van der Waals surface area contributed by atoms with E-state index < -0.39 is 97.5 Å². The Bertz CT molecular complexity index is 1870. The molecule has 0 radical (unpaired) electrons. The summed E-state index contributed by atoms with van der Waals surface area (Å²) in [5.74, 6) is -0.634. The van der Waals surface area contributed by atoms with Crippen molar-refractivity contribution >= 4 is 39.5 Å². The fourth-order valence-electron chi connectivity index (χ4n) is 12.0. The van der Waals surface area contributed by atoms with E-state index in [-0.39, 0.29) is 25.7 Å². The number of carbonyl (C=O) groups is 4. The van der Waals surface area contributed by atoms with Gasteiger partial charge >= 0.3 is 39.5 Å². The Morgan fingerprint density at radius 3 is 0.701 bits per heavy atom. The Labute approximate surface area is 594 Å². The molecular formula is C78H152O17P2. The molecule has 0 heterocycles. The summed E-state index contributed by atoms with van der Waals surface area (Å²) in [6.07, 6.45) is 58.3. The van der Waals surface area contributed by atoms with E-state index in [1.54, 1.807) is 0 Å². The number of unbranched alkanes of at least 4 members (excludes halogenated alkanes) is 47. The average Bonchev–Trinajstić information content (AvgIpc) is 2.55. The van der Waals surface area contributed by atoms with Gasteiger partial charge in [0, 0.05) is 25.7 Å². The van der Waals surface area contributed by atoms with Crippen molar-refractivity contribution in [2.75, 3.05) is 39.6 Å². The van der Waals surface area contributed by atoms with Gasteiger partial charge in [0.25, 0.3) is 0 Å². The van der Waals surface area contributed by atoms with E-state index in [2.05, 4.69) is 41.5 Å². The summed E-state index contributed by atoms with van der Waals surface area (Å²) in [6.45, 7) is 9.57. The van der Waals surface area contributed by atoms with Crippen molar-refractivity contribution in [2.45, 2.75) is 426 Å². The summed E-state index contributed by atoms with van der Waals surface area (Å²) in [6, 6.07) is 0. The molecule has 97 heavy (non-hydrogen) atoms. The molecule has 0 saturated carbocycles. The Morgan fingerprint density at radius 2 is 0.474 bits per heavy atom. The van der Waals surface area contributed by atoms with Gasteiger partial charge in [0.2, 0.25) is 0 Å². The van der Waals surface area contributed by atoms with Crippen molar-refractivity contribution in [1.82, 2.24) is 0 Å². The van der Waals surface area contributed by atoms with Crippen LogP contribution in [0.15, 0.2) is 0 Å². The van der Waals surface area contributed by atoms with Crippen LogP contribution in [0.25, 0.3) is 0 Å². The van der Waals surface area contributed by atoms with E-state index in [1.165, 1.54) is 225 Å². The number of aliphatic hydroxyl groups is 1. The van der Waals surface area contributed by atoms with Gasteiger partial charge in [-0.05, 0) is 37.5 Å². The molecule has 0 aromatic rings. The number of rotatable bonds is 77. The Morgan fingerprint density at radius 1 is 0.278 bits per heavy atom. The van der Waals surface area contributed by atoms with Crippen molar-refractivity contribution in [3.05, 3.63) is 0 Å². The maximum absolute atomic E-state index is 13.1. The standard InChI is InChI=1S/C78H152O17P2/c1-7-9-11-13-15-17-19-21-23-24-25-26-27-29-31-36-44-50-56-62-77(82)94-73(66-88-75(80)60-54-48-42-35-30-28-22-20-18-16-14-12-10-8-2)68-92-96(84,85)90-64-72(79)65-91-97(86,87)93-69-74(67-89-76(81)61-55-49-43-39-38-41-47-53-59-71(5)6)95-78(83)63-57-51-45-37-33-32-34-40-46-52-58-70(3)4/h70-74,79H,7-69H2,1-6H3,(H,84,85)(H,86,87)/t72-,73-,74-/m1/s1. The highest BCUT2D eigenvalue weighted by atomic mass is 31.2. The highest BCUT2D eigenvalue weighted by Crippen LogP contribution is 2.45. The SMILES string of the molecule is CCCCCCCCCCCCCCCCCCCCCC(=O)O[C@H](COC(=O)CCCCCCCCCCCCCCCC)COP(=O)(O)OC[C@@H](O)COP(=O)(O)OC[C@@H](COC(=O)CCCCCCCCCCC(C)C)OC(=O)CCCCCCCCCCCCC(C)C. The zero-order chi connectivity index (χ0) is 71.4. The van der Waals surface area contributed by atoms with E-state index in [4.69, 9.17) is 37.0 Å². The van der Waals surface area contributed by atoms with Crippen LogP contribution < -0.4 is 0 Å². The molecule has 0 saturated heterocycles. The van der Waals surface area contributed by atoms with E-state index in [0.717, 1.165) is 102 Å². The van der Waals surface area contributed by atoms with E-state index in [1.807, 2.05) is 0 Å². The molecule has 0 aromatic heterocycles. The van der Waals surface area contributed by atoms with Gasteiger partial charge in [-0.25, -0.2) is 9.13 Å². The lowest BCUT2D eigenvalue weighted by Crippen LogP contribution is -2.30. The van der Waals surface area contributed by atoms with Crippen molar-refractivity contribution in [3.63, 3.8) is 0 Å². The van der Waals surface area contributed by atoms with E-state index in [0.29, 0.717) is 25.7 Å². The minimum atomic E-state index is -4.96. The van der Waals surface area contributed by atoms with E-state index in [9.17, 15) is 43.2 Å². The second kappa shape index (κ2) is 69.8. The first-order chi connectivity index (χ1) is 46.9. The quantitative estimate of drug-likeness (QED) is 0.0222. The minimum absolute atomic E-state index is 0.106. The molecule has 0 aliphatic rings. The van der Waals surface area contributed by atoms with Gasteiger partial charge in [0.1, 0.15) is 19.3 Å². The van der Waals surface area contributed by atoms with E-state index >= 15 is 0 Å². The summed E-state index contributed by atoms with van der Waals surface area (Å²) in [4.78, 5) is 72.9. The highest BCUT2D eigenvalue weighted by molar-refractivity contribution is 7.47. The second-order valence-corrected chi connectivity index (χ2v) is 32.0. The Kier molecular flexibility index (Phi) is 68.4. The molecule has 0 aliphatic heterocycles. The maximum atomic E-state index is 13.1. The number of esters is 4. The topological polar surface area (TPSA) is 237 Å². The molecule has 0 amide bonds. The molecule has 0 rings (SSSR count). The fourth-order valence-corrected chi connectivity index (χ4v) is 13.6. The summed E-state index contributed by atoms with van der Waals surface area (Å²) >= 11 is 0.